The number of rotatable bonds is 10. The zero-order valence-electron chi connectivity index (χ0n) is 47.7. The molecule has 0 amide bonds. The predicted octanol–water partition coefficient (Wildman–Crippen LogP) is 19.2. The minimum Gasteiger partial charge on any atom is -0.310 e. The van der Waals surface area contributed by atoms with Crippen LogP contribution in [0.1, 0.15) is 26.3 Å². The van der Waals surface area contributed by atoms with Crippen LogP contribution in [0, 0.1) is 0 Å². The summed E-state index contributed by atoms with van der Waals surface area (Å²) in [6.45, 7) is 6.68. The Morgan fingerprint density at radius 1 is 0.271 bits per heavy atom. The molecule has 2 aliphatic heterocycles. The van der Waals surface area contributed by atoms with Gasteiger partial charge in [-0.05, 0) is 85.0 Å². The lowest BCUT2D eigenvalue weighted by Crippen LogP contribution is -2.63. The molecular formula is C80H59BN4. The lowest BCUT2D eigenvalue weighted by molar-refractivity contribution is 0.590. The third-order valence-corrected chi connectivity index (χ3v) is 17.0. The van der Waals surface area contributed by atoms with Crippen LogP contribution in [-0.2, 0) is 5.41 Å². The first-order valence-corrected chi connectivity index (χ1v) is 29.4. The lowest BCUT2D eigenvalue weighted by Gasteiger charge is -2.47. The third kappa shape index (κ3) is 9.04. The monoisotopic (exact) mass is 1090 g/mol. The maximum absolute atomic E-state index is 5.96. The van der Waals surface area contributed by atoms with Crippen molar-refractivity contribution in [2.24, 2.45) is 0 Å². The van der Waals surface area contributed by atoms with Crippen molar-refractivity contribution in [1.82, 2.24) is 9.97 Å². The van der Waals surface area contributed by atoms with E-state index in [0.29, 0.717) is 0 Å². The molecule has 5 heteroatoms. The normalized spacial score (nSPS) is 12.3. The van der Waals surface area contributed by atoms with Gasteiger partial charge in [0.15, 0.2) is 0 Å². The summed E-state index contributed by atoms with van der Waals surface area (Å²) in [6, 6.07) is 111. The van der Waals surface area contributed by atoms with Gasteiger partial charge in [0.1, 0.15) is 0 Å². The smallest absolute Gasteiger partial charge is 0.257 e. The van der Waals surface area contributed by atoms with E-state index in [1.165, 1.54) is 11.0 Å². The molecule has 0 saturated heterocycles. The van der Waals surface area contributed by atoms with Crippen LogP contribution in [0.2, 0.25) is 0 Å². The van der Waals surface area contributed by atoms with Crippen molar-refractivity contribution in [2.45, 2.75) is 26.2 Å². The molecular weight excluding hydrogens is 1030 g/mol. The molecule has 0 unspecified atom stereocenters. The number of para-hydroxylation sites is 2. The van der Waals surface area contributed by atoms with E-state index < -0.39 is 6.71 Å². The molecule has 0 fully saturated rings. The van der Waals surface area contributed by atoms with Gasteiger partial charge < -0.3 is 9.80 Å². The van der Waals surface area contributed by atoms with Crippen LogP contribution in [0.5, 0.6) is 0 Å². The summed E-state index contributed by atoms with van der Waals surface area (Å²) < 4.78 is 0. The first-order valence-electron chi connectivity index (χ1n) is 29.4. The summed E-state index contributed by atoms with van der Waals surface area (Å²) in [5.41, 5.74) is 27.5. The van der Waals surface area contributed by atoms with Crippen LogP contribution in [0.15, 0.2) is 303 Å². The van der Waals surface area contributed by atoms with E-state index in [1.807, 2.05) is 0 Å². The van der Waals surface area contributed by atoms with Gasteiger partial charge in [0.05, 0.1) is 34.2 Å². The summed E-state index contributed by atoms with van der Waals surface area (Å²) in [4.78, 5) is 17.2. The van der Waals surface area contributed by atoms with E-state index in [2.05, 4.69) is 334 Å². The Kier molecular flexibility index (Phi) is 12.8. The van der Waals surface area contributed by atoms with E-state index in [9.17, 15) is 0 Å². The highest BCUT2D eigenvalue weighted by Crippen LogP contribution is 2.55. The van der Waals surface area contributed by atoms with Crippen LogP contribution in [0.3, 0.4) is 0 Å². The summed E-state index contributed by atoms with van der Waals surface area (Å²) in [7, 11) is 0. The Balaban J connectivity index is 1.20. The number of anilines is 6. The van der Waals surface area contributed by atoms with Gasteiger partial charge in [-0.3, -0.25) is 0 Å². The maximum Gasteiger partial charge on any atom is 0.257 e. The Bertz CT molecular complexity index is 4190. The van der Waals surface area contributed by atoms with Crippen molar-refractivity contribution >= 4 is 57.2 Å². The molecule has 4 nitrogen and oxygen atoms in total. The lowest BCUT2D eigenvalue weighted by atomic mass is 9.32. The second kappa shape index (κ2) is 21.3. The van der Waals surface area contributed by atoms with Crippen LogP contribution in [-0.4, -0.2) is 16.7 Å². The van der Waals surface area contributed by atoms with Crippen LogP contribution in [0.4, 0.5) is 34.1 Å². The van der Waals surface area contributed by atoms with Crippen LogP contribution >= 0.6 is 0 Å². The molecule has 13 aromatic rings. The van der Waals surface area contributed by atoms with Gasteiger partial charge in [-0.15, -0.1) is 0 Å². The summed E-state index contributed by atoms with van der Waals surface area (Å²) in [5.74, 6) is 0. The Labute approximate surface area is 498 Å². The molecule has 402 valence electrons. The SMILES string of the molecule is CC(C)(C)c1cc2c3c(c1)N(c1c(-c4ccccc4)cccc1-c1ccccc1)c1cc(-c4ccccc4)nc(-c4ccccc4)c1B3c1c(cc(-c3ccccc3)nc1-c1ccccc1)N2c1c(-c2ccccc2)cccc1-c1ccccc1. The van der Waals surface area contributed by atoms with Gasteiger partial charge in [-0.25, -0.2) is 9.97 Å². The molecule has 0 N–H and O–H groups in total. The van der Waals surface area contributed by atoms with Gasteiger partial charge in [0.25, 0.3) is 6.71 Å². The number of hydrogen-bond donors (Lipinski definition) is 0. The van der Waals surface area contributed by atoms with Crippen molar-refractivity contribution in [1.29, 1.82) is 0 Å². The molecule has 0 bridgehead atoms. The number of nitrogens with zero attached hydrogens (tertiary/aromatic N) is 4. The quantitative estimate of drug-likeness (QED) is 0.128. The van der Waals surface area contributed by atoms with Gasteiger partial charge >= 0.3 is 0 Å². The number of benzene rings is 11. The molecule has 2 aliphatic rings. The number of fused-ring (bicyclic) bond motifs is 4. The van der Waals surface area contributed by atoms with Crippen molar-refractivity contribution in [3.63, 3.8) is 0 Å². The number of hydrogen-bond acceptors (Lipinski definition) is 4. The highest BCUT2D eigenvalue weighted by molar-refractivity contribution is 7.01. The topological polar surface area (TPSA) is 32.3 Å². The summed E-state index contributed by atoms with van der Waals surface area (Å²) in [5, 5.41) is 0. The standard InChI is InChI=1S/C80H59BN4/c1-80(2,3)62-50-69-73-70(51-62)85(79-65(56-34-16-6-17-35-56)48-29-49-66(79)57-36-18-7-19-37-57)72-53-68(59-40-22-9-23-41-59)83-77(61-44-26-11-27-45-61)75(72)81(73)74-71(52-67(58-38-20-8-21-39-58)82-76(74)60-42-24-10-25-43-60)84(69)78-63(54-30-12-4-13-31-54)46-28-47-64(78)55-32-14-5-15-33-55/h4-53H,1-3H3. The predicted molar refractivity (Wildman–Crippen MR) is 358 cm³/mol. The molecule has 0 spiro atoms. The molecule has 4 heterocycles. The Morgan fingerprint density at radius 3 is 0.812 bits per heavy atom. The minimum atomic E-state index is -0.398. The van der Waals surface area contributed by atoms with Gasteiger partial charge in [-0.2, -0.15) is 0 Å². The first kappa shape index (κ1) is 51.3. The van der Waals surface area contributed by atoms with Crippen LogP contribution < -0.4 is 26.2 Å². The zero-order chi connectivity index (χ0) is 57.0. The summed E-state index contributed by atoms with van der Waals surface area (Å²) >= 11 is 0. The van der Waals surface area contributed by atoms with Crippen LogP contribution in [0.25, 0.3) is 89.5 Å². The molecule has 0 atom stereocenters. The first-order chi connectivity index (χ1) is 41.9. The van der Waals surface area contributed by atoms with Crippen molar-refractivity contribution < 1.29 is 0 Å². The zero-order valence-corrected chi connectivity index (χ0v) is 47.7. The average molecular weight is 1090 g/mol. The van der Waals surface area contributed by atoms with Gasteiger partial charge in [0, 0.05) is 56.1 Å². The van der Waals surface area contributed by atoms with Crippen molar-refractivity contribution in [2.75, 3.05) is 9.80 Å². The molecule has 0 aliphatic carbocycles. The van der Waals surface area contributed by atoms with Gasteiger partial charge in [0.2, 0.25) is 0 Å². The number of aromatic nitrogens is 2. The molecule has 11 aromatic carbocycles. The maximum atomic E-state index is 5.96. The molecule has 0 saturated carbocycles. The fourth-order valence-electron chi connectivity index (χ4n) is 13.0. The Morgan fingerprint density at radius 2 is 0.529 bits per heavy atom. The van der Waals surface area contributed by atoms with E-state index in [0.717, 1.165) is 135 Å². The molecule has 0 radical (unpaired) electrons. The highest BCUT2D eigenvalue weighted by atomic mass is 15.2. The fourth-order valence-corrected chi connectivity index (χ4v) is 13.0. The molecule has 15 rings (SSSR count). The minimum absolute atomic E-state index is 0.313. The number of pyridine rings is 2. The van der Waals surface area contributed by atoms with E-state index in [1.54, 1.807) is 0 Å². The average Bonchev–Trinajstić information content (AvgIpc) is 0.885. The Hall–Kier alpha value is -10.6. The second-order valence-corrected chi connectivity index (χ2v) is 23.2. The second-order valence-electron chi connectivity index (χ2n) is 23.2. The fraction of sp³-hybridized carbons (Fsp3) is 0.0500. The van der Waals surface area contributed by atoms with Gasteiger partial charge in [-0.1, -0.05) is 300 Å². The van der Waals surface area contributed by atoms with E-state index in [4.69, 9.17) is 9.97 Å². The highest BCUT2D eigenvalue weighted by Gasteiger charge is 2.49. The molecule has 2 aromatic heterocycles. The van der Waals surface area contributed by atoms with Crippen molar-refractivity contribution in [3.8, 4) is 89.5 Å². The summed E-state index contributed by atoms with van der Waals surface area (Å²) in [6.07, 6.45) is 0. The van der Waals surface area contributed by atoms with Crippen molar-refractivity contribution in [3.05, 3.63) is 309 Å². The largest absolute Gasteiger partial charge is 0.310 e. The molecule has 85 heavy (non-hydrogen) atoms. The van der Waals surface area contributed by atoms with E-state index >= 15 is 0 Å². The van der Waals surface area contributed by atoms with E-state index in [-0.39, 0.29) is 5.41 Å². The third-order valence-electron chi connectivity index (χ3n) is 17.0.